The molecule has 2 heterocycles. The highest BCUT2D eigenvalue weighted by Crippen LogP contribution is 2.19. The zero-order chi connectivity index (χ0) is 16.1. The van der Waals surface area contributed by atoms with Crippen molar-refractivity contribution in [3.05, 3.63) is 29.8 Å². The molecular formula is C17H22N2O4. The van der Waals surface area contributed by atoms with Crippen LogP contribution in [0.5, 0.6) is 0 Å². The number of hydrogen-bond donors (Lipinski definition) is 2. The monoisotopic (exact) mass is 318 g/mol. The molecule has 2 aliphatic rings. The summed E-state index contributed by atoms with van der Waals surface area (Å²) >= 11 is 0. The van der Waals surface area contributed by atoms with Crippen LogP contribution in [-0.2, 0) is 14.3 Å². The van der Waals surface area contributed by atoms with E-state index in [0.717, 1.165) is 32.3 Å². The third-order valence-electron chi connectivity index (χ3n) is 4.17. The minimum absolute atomic E-state index is 0.0904. The topological polar surface area (TPSA) is 76.7 Å². The molecule has 2 atom stereocenters. The van der Waals surface area contributed by atoms with Gasteiger partial charge in [0.05, 0.1) is 17.4 Å². The van der Waals surface area contributed by atoms with Crippen LogP contribution >= 0.6 is 0 Å². The summed E-state index contributed by atoms with van der Waals surface area (Å²) in [6.45, 7) is 1.86. The minimum Gasteiger partial charge on any atom is -0.376 e. The summed E-state index contributed by atoms with van der Waals surface area (Å²) in [5.74, 6) is -0.398. The molecule has 2 aliphatic heterocycles. The van der Waals surface area contributed by atoms with E-state index in [1.165, 1.54) is 0 Å². The van der Waals surface area contributed by atoms with Gasteiger partial charge >= 0.3 is 0 Å². The van der Waals surface area contributed by atoms with E-state index in [0.29, 0.717) is 24.4 Å². The summed E-state index contributed by atoms with van der Waals surface area (Å²) in [5, 5.41) is 5.68. The lowest BCUT2D eigenvalue weighted by molar-refractivity contribution is -0.124. The molecule has 1 aromatic rings. The van der Waals surface area contributed by atoms with Gasteiger partial charge in [0, 0.05) is 19.8 Å². The number of hydrogen-bond acceptors (Lipinski definition) is 4. The predicted molar refractivity (Wildman–Crippen MR) is 85.4 cm³/mol. The second-order valence-corrected chi connectivity index (χ2v) is 5.88. The van der Waals surface area contributed by atoms with Crippen molar-refractivity contribution in [1.82, 2.24) is 5.32 Å². The lowest BCUT2D eigenvalue weighted by atomic mass is 10.1. The number of ether oxygens (including phenoxy) is 2. The summed E-state index contributed by atoms with van der Waals surface area (Å²) in [4.78, 5) is 24.5. The van der Waals surface area contributed by atoms with E-state index in [1.54, 1.807) is 24.3 Å². The smallest absolute Gasteiger partial charge is 0.253 e. The van der Waals surface area contributed by atoms with Gasteiger partial charge < -0.3 is 20.1 Å². The second kappa shape index (κ2) is 7.57. The van der Waals surface area contributed by atoms with Crippen molar-refractivity contribution in [2.24, 2.45) is 0 Å². The molecule has 2 fully saturated rings. The minimum atomic E-state index is -0.419. The van der Waals surface area contributed by atoms with Crippen LogP contribution < -0.4 is 10.6 Å². The Bertz CT molecular complexity index is 563. The Hall–Kier alpha value is -1.92. The number of carbonyl (C=O) groups is 2. The number of amides is 2. The van der Waals surface area contributed by atoms with Crippen LogP contribution in [0, 0.1) is 0 Å². The van der Waals surface area contributed by atoms with Crippen LogP contribution in [-0.4, -0.2) is 43.8 Å². The molecule has 0 bridgehead atoms. The van der Waals surface area contributed by atoms with Crippen LogP contribution in [0.1, 0.15) is 36.0 Å². The van der Waals surface area contributed by atoms with Gasteiger partial charge in [-0.1, -0.05) is 12.1 Å². The fourth-order valence-corrected chi connectivity index (χ4v) is 2.89. The molecule has 0 aliphatic carbocycles. The first-order chi connectivity index (χ1) is 11.2. The molecule has 6 nitrogen and oxygen atoms in total. The van der Waals surface area contributed by atoms with Crippen molar-refractivity contribution in [3.8, 4) is 0 Å². The van der Waals surface area contributed by atoms with Gasteiger partial charge in [-0.15, -0.1) is 0 Å². The lowest BCUT2D eigenvalue weighted by Gasteiger charge is -2.15. The van der Waals surface area contributed by atoms with Crippen molar-refractivity contribution >= 4 is 17.5 Å². The van der Waals surface area contributed by atoms with Gasteiger partial charge in [-0.3, -0.25) is 9.59 Å². The summed E-state index contributed by atoms with van der Waals surface area (Å²) in [7, 11) is 0. The normalized spacial score (nSPS) is 23.7. The summed E-state index contributed by atoms with van der Waals surface area (Å²) < 4.78 is 10.9. The molecular weight excluding hydrogens is 296 g/mol. The van der Waals surface area contributed by atoms with Crippen LogP contribution in [0.2, 0.25) is 0 Å². The Kier molecular flexibility index (Phi) is 5.25. The average molecular weight is 318 g/mol. The molecule has 0 unspecified atom stereocenters. The van der Waals surface area contributed by atoms with Crippen LogP contribution in [0.25, 0.3) is 0 Å². The largest absolute Gasteiger partial charge is 0.376 e. The standard InChI is InChI=1S/C17H22N2O4/c20-16(18-11-12-5-3-9-22-12)13-6-1-2-7-14(13)19-17(21)15-8-4-10-23-15/h1-2,6-7,12,15H,3-5,8-11H2,(H,18,20)(H,19,21)/t12-,15-/m1/s1. The van der Waals surface area contributed by atoms with Crippen LogP contribution in [0.15, 0.2) is 24.3 Å². The van der Waals surface area contributed by atoms with Crippen LogP contribution in [0.4, 0.5) is 5.69 Å². The van der Waals surface area contributed by atoms with E-state index >= 15 is 0 Å². The lowest BCUT2D eigenvalue weighted by Crippen LogP contribution is -2.33. The van der Waals surface area contributed by atoms with Crippen molar-refractivity contribution < 1.29 is 19.1 Å². The Morgan fingerprint density at radius 1 is 1.09 bits per heavy atom. The van der Waals surface area contributed by atoms with E-state index < -0.39 is 6.10 Å². The fraction of sp³-hybridized carbons (Fsp3) is 0.529. The van der Waals surface area contributed by atoms with E-state index in [-0.39, 0.29) is 17.9 Å². The van der Waals surface area contributed by atoms with Gasteiger partial charge in [0.25, 0.3) is 11.8 Å². The highest BCUT2D eigenvalue weighted by atomic mass is 16.5. The van der Waals surface area contributed by atoms with Gasteiger partial charge in [0.1, 0.15) is 6.10 Å². The Balaban J connectivity index is 1.62. The van der Waals surface area contributed by atoms with Crippen LogP contribution in [0.3, 0.4) is 0 Å². The van der Waals surface area contributed by atoms with Crippen molar-refractivity contribution in [3.63, 3.8) is 0 Å². The predicted octanol–water partition coefficient (Wildman–Crippen LogP) is 1.71. The maximum atomic E-state index is 12.4. The van der Waals surface area contributed by atoms with E-state index in [4.69, 9.17) is 9.47 Å². The van der Waals surface area contributed by atoms with Crippen molar-refractivity contribution in [1.29, 1.82) is 0 Å². The molecule has 0 radical (unpaired) electrons. The highest BCUT2D eigenvalue weighted by molar-refractivity contribution is 6.04. The Morgan fingerprint density at radius 3 is 2.61 bits per heavy atom. The quantitative estimate of drug-likeness (QED) is 0.866. The summed E-state index contributed by atoms with van der Waals surface area (Å²) in [5.41, 5.74) is 0.967. The molecule has 0 saturated carbocycles. The number of benzene rings is 1. The fourth-order valence-electron chi connectivity index (χ4n) is 2.89. The average Bonchev–Trinajstić information content (AvgIpc) is 3.26. The second-order valence-electron chi connectivity index (χ2n) is 5.88. The van der Waals surface area contributed by atoms with Gasteiger partial charge in [-0.2, -0.15) is 0 Å². The molecule has 3 rings (SSSR count). The van der Waals surface area contributed by atoms with Gasteiger partial charge in [-0.25, -0.2) is 0 Å². The van der Waals surface area contributed by atoms with E-state index in [9.17, 15) is 9.59 Å². The van der Waals surface area contributed by atoms with Gasteiger partial charge in [-0.05, 0) is 37.8 Å². The molecule has 2 saturated heterocycles. The number of anilines is 1. The van der Waals surface area contributed by atoms with Crippen molar-refractivity contribution in [2.75, 3.05) is 25.1 Å². The Morgan fingerprint density at radius 2 is 1.87 bits per heavy atom. The maximum Gasteiger partial charge on any atom is 0.253 e. The molecule has 23 heavy (non-hydrogen) atoms. The molecule has 6 heteroatoms. The molecule has 124 valence electrons. The first kappa shape index (κ1) is 16.0. The Labute approximate surface area is 135 Å². The first-order valence-electron chi connectivity index (χ1n) is 8.15. The van der Waals surface area contributed by atoms with E-state index in [2.05, 4.69) is 10.6 Å². The molecule has 0 spiro atoms. The number of nitrogens with one attached hydrogen (secondary N) is 2. The SMILES string of the molecule is O=C(NC[C@H]1CCCO1)c1ccccc1NC(=O)[C@H]1CCCO1. The molecule has 1 aromatic carbocycles. The number of para-hydroxylation sites is 1. The molecule has 2 amide bonds. The van der Waals surface area contributed by atoms with Gasteiger partial charge in [0.15, 0.2) is 0 Å². The zero-order valence-corrected chi connectivity index (χ0v) is 13.0. The molecule has 2 N–H and O–H groups in total. The molecule has 0 aromatic heterocycles. The van der Waals surface area contributed by atoms with Crippen molar-refractivity contribution in [2.45, 2.75) is 37.9 Å². The zero-order valence-electron chi connectivity index (χ0n) is 13.0. The highest BCUT2D eigenvalue weighted by Gasteiger charge is 2.25. The number of rotatable bonds is 5. The summed E-state index contributed by atoms with van der Waals surface area (Å²) in [6.07, 6.45) is 3.29. The van der Waals surface area contributed by atoms with E-state index in [1.807, 2.05) is 0 Å². The first-order valence-corrected chi connectivity index (χ1v) is 8.15. The third kappa shape index (κ3) is 4.09. The van der Waals surface area contributed by atoms with Gasteiger partial charge in [0.2, 0.25) is 0 Å². The summed E-state index contributed by atoms with van der Waals surface area (Å²) in [6, 6.07) is 7.01. The third-order valence-corrected chi connectivity index (χ3v) is 4.17. The number of carbonyl (C=O) groups excluding carboxylic acids is 2. The maximum absolute atomic E-state index is 12.4.